The summed E-state index contributed by atoms with van der Waals surface area (Å²) in [6, 6.07) is 0. The van der Waals surface area contributed by atoms with Crippen LogP contribution in [0.15, 0.2) is 0 Å². The number of nitrogens with two attached hydrogens (primary N) is 1. The zero-order valence-corrected chi connectivity index (χ0v) is 4.53. The van der Waals surface area contributed by atoms with Crippen molar-refractivity contribution in [2.24, 2.45) is 11.7 Å². The first-order valence-electron chi connectivity index (χ1n) is 2.74. The van der Waals surface area contributed by atoms with Crippen molar-refractivity contribution in [3.05, 3.63) is 0 Å². The van der Waals surface area contributed by atoms with E-state index in [0.29, 0.717) is 13.0 Å². The van der Waals surface area contributed by atoms with E-state index in [9.17, 15) is 8.78 Å². The van der Waals surface area contributed by atoms with Gasteiger partial charge in [0.25, 0.3) is 5.92 Å². The second kappa shape index (κ2) is 1.65. The van der Waals surface area contributed by atoms with Crippen LogP contribution in [0.5, 0.6) is 0 Å². The Kier molecular flexibility index (Phi) is 1.23. The van der Waals surface area contributed by atoms with Crippen molar-refractivity contribution in [3.8, 4) is 0 Å². The highest BCUT2D eigenvalue weighted by molar-refractivity contribution is 4.94. The first kappa shape index (κ1) is 5.95. The molecule has 0 amide bonds. The average molecular weight is 121 g/mol. The van der Waals surface area contributed by atoms with Crippen LogP contribution in [0, 0.1) is 5.92 Å². The van der Waals surface area contributed by atoms with E-state index < -0.39 is 11.8 Å². The number of hydrogen-bond acceptors (Lipinski definition) is 1. The molecule has 1 saturated carbocycles. The lowest BCUT2D eigenvalue weighted by Gasteiger charge is -1.91. The fourth-order valence-electron chi connectivity index (χ4n) is 0.784. The zero-order valence-electron chi connectivity index (χ0n) is 4.53. The highest BCUT2D eigenvalue weighted by Gasteiger charge is 2.55. The predicted octanol–water partition coefficient (Wildman–Crippen LogP) is 0.990. The van der Waals surface area contributed by atoms with E-state index in [1.54, 1.807) is 0 Å². The fraction of sp³-hybridized carbons (Fsp3) is 1.00. The first-order valence-corrected chi connectivity index (χ1v) is 2.74. The van der Waals surface area contributed by atoms with Crippen molar-refractivity contribution in [2.45, 2.75) is 18.8 Å². The molecule has 1 nitrogen and oxygen atoms in total. The zero-order chi connectivity index (χ0) is 6.20. The van der Waals surface area contributed by atoms with Crippen LogP contribution in [0.4, 0.5) is 8.78 Å². The van der Waals surface area contributed by atoms with E-state index in [4.69, 9.17) is 5.73 Å². The minimum absolute atomic E-state index is 0.0597. The summed E-state index contributed by atoms with van der Waals surface area (Å²) >= 11 is 0. The van der Waals surface area contributed by atoms with Gasteiger partial charge in [-0.05, 0) is 13.0 Å². The van der Waals surface area contributed by atoms with Gasteiger partial charge in [-0.2, -0.15) is 0 Å². The Hall–Kier alpha value is -0.180. The van der Waals surface area contributed by atoms with E-state index in [1.807, 2.05) is 0 Å². The molecule has 1 atom stereocenters. The van der Waals surface area contributed by atoms with Crippen molar-refractivity contribution >= 4 is 0 Å². The minimum Gasteiger partial charge on any atom is -0.330 e. The van der Waals surface area contributed by atoms with Crippen LogP contribution in [0.25, 0.3) is 0 Å². The molecule has 1 aliphatic carbocycles. The van der Waals surface area contributed by atoms with Crippen LogP contribution in [0.3, 0.4) is 0 Å². The summed E-state index contributed by atoms with van der Waals surface area (Å²) in [5.74, 6) is -2.76. The standard InChI is InChI=1S/C5H9F2N/c6-5(7)3-4(5)1-2-8/h4H,1-3,8H2/t4-/m0/s1. The normalized spacial score (nSPS) is 32.6. The molecule has 2 N–H and O–H groups in total. The fourth-order valence-corrected chi connectivity index (χ4v) is 0.784. The molecule has 0 spiro atoms. The topological polar surface area (TPSA) is 26.0 Å². The van der Waals surface area contributed by atoms with Crippen molar-refractivity contribution in [1.82, 2.24) is 0 Å². The number of hydrogen-bond donors (Lipinski definition) is 1. The molecule has 1 fully saturated rings. The van der Waals surface area contributed by atoms with Gasteiger partial charge in [-0.25, -0.2) is 8.78 Å². The number of rotatable bonds is 2. The monoisotopic (exact) mass is 121 g/mol. The summed E-state index contributed by atoms with van der Waals surface area (Å²) in [6.45, 7) is 0.389. The molecule has 0 aliphatic heterocycles. The van der Waals surface area contributed by atoms with Gasteiger partial charge < -0.3 is 5.73 Å². The van der Waals surface area contributed by atoms with Crippen molar-refractivity contribution < 1.29 is 8.78 Å². The van der Waals surface area contributed by atoms with E-state index in [0.717, 1.165) is 0 Å². The summed E-state index contributed by atoms with van der Waals surface area (Å²) in [7, 11) is 0. The van der Waals surface area contributed by atoms with E-state index in [1.165, 1.54) is 0 Å². The van der Waals surface area contributed by atoms with Gasteiger partial charge >= 0.3 is 0 Å². The lowest BCUT2D eigenvalue weighted by atomic mass is 10.3. The SMILES string of the molecule is NCC[C@H]1CC1(F)F. The van der Waals surface area contributed by atoms with Crippen molar-refractivity contribution in [1.29, 1.82) is 0 Å². The summed E-state index contributed by atoms with van der Waals surface area (Å²) in [6.07, 6.45) is 0.539. The van der Waals surface area contributed by atoms with Gasteiger partial charge in [-0.1, -0.05) is 0 Å². The summed E-state index contributed by atoms with van der Waals surface area (Å²) in [5.41, 5.74) is 5.06. The third kappa shape index (κ3) is 0.968. The van der Waals surface area contributed by atoms with Gasteiger partial charge in [-0.15, -0.1) is 0 Å². The highest BCUT2D eigenvalue weighted by Crippen LogP contribution is 2.50. The van der Waals surface area contributed by atoms with E-state index in [2.05, 4.69) is 0 Å². The van der Waals surface area contributed by atoms with Crippen LogP contribution in [-0.4, -0.2) is 12.5 Å². The van der Waals surface area contributed by atoms with Crippen LogP contribution in [0.2, 0.25) is 0 Å². The molecule has 0 unspecified atom stereocenters. The van der Waals surface area contributed by atoms with Gasteiger partial charge in [0.15, 0.2) is 0 Å². The Morgan fingerprint density at radius 2 is 2.12 bits per heavy atom. The van der Waals surface area contributed by atoms with Gasteiger partial charge in [-0.3, -0.25) is 0 Å². The second-order valence-electron chi connectivity index (χ2n) is 2.24. The molecule has 0 aromatic carbocycles. The number of alkyl halides is 2. The van der Waals surface area contributed by atoms with Gasteiger partial charge in [0.1, 0.15) is 0 Å². The summed E-state index contributed by atoms with van der Waals surface area (Å²) in [5, 5.41) is 0. The Balaban J connectivity index is 2.17. The molecule has 0 heterocycles. The highest BCUT2D eigenvalue weighted by atomic mass is 19.3. The van der Waals surface area contributed by atoms with Crippen LogP contribution in [-0.2, 0) is 0 Å². The number of halogens is 2. The van der Waals surface area contributed by atoms with Crippen LogP contribution in [0.1, 0.15) is 12.8 Å². The molecule has 0 bridgehead atoms. The molecule has 0 radical (unpaired) electrons. The Morgan fingerprint density at radius 1 is 1.62 bits per heavy atom. The quantitative estimate of drug-likeness (QED) is 0.579. The van der Waals surface area contributed by atoms with Gasteiger partial charge in [0, 0.05) is 12.3 Å². The van der Waals surface area contributed by atoms with Gasteiger partial charge in [0.2, 0.25) is 0 Å². The summed E-state index contributed by atoms with van der Waals surface area (Å²) in [4.78, 5) is 0. The molecule has 3 heteroatoms. The Labute approximate surface area is 46.9 Å². The van der Waals surface area contributed by atoms with Gasteiger partial charge in [0.05, 0.1) is 0 Å². The third-order valence-electron chi connectivity index (χ3n) is 1.47. The van der Waals surface area contributed by atoms with Crippen molar-refractivity contribution in [2.75, 3.05) is 6.54 Å². The maximum atomic E-state index is 11.9. The predicted molar refractivity (Wildman–Crippen MR) is 26.7 cm³/mol. The van der Waals surface area contributed by atoms with E-state index in [-0.39, 0.29) is 6.42 Å². The molecule has 1 aliphatic rings. The second-order valence-corrected chi connectivity index (χ2v) is 2.24. The Bertz CT molecular complexity index is 92.4. The molecule has 48 valence electrons. The smallest absolute Gasteiger partial charge is 0.251 e. The maximum absolute atomic E-state index is 11.9. The molecule has 8 heavy (non-hydrogen) atoms. The molecule has 1 rings (SSSR count). The molecule has 0 aromatic rings. The van der Waals surface area contributed by atoms with E-state index >= 15 is 0 Å². The molecule has 0 aromatic heterocycles. The Morgan fingerprint density at radius 3 is 2.25 bits per heavy atom. The molecule has 0 saturated heterocycles. The first-order chi connectivity index (χ1) is 3.67. The average Bonchev–Trinajstić information content (AvgIpc) is 2.15. The largest absolute Gasteiger partial charge is 0.330 e. The summed E-state index contributed by atoms with van der Waals surface area (Å²) < 4.78 is 23.9. The lowest BCUT2D eigenvalue weighted by Crippen LogP contribution is -2.03. The van der Waals surface area contributed by atoms with Crippen LogP contribution >= 0.6 is 0 Å². The molecular weight excluding hydrogens is 112 g/mol. The lowest BCUT2D eigenvalue weighted by molar-refractivity contribution is 0.0975. The van der Waals surface area contributed by atoms with Crippen molar-refractivity contribution in [3.63, 3.8) is 0 Å². The minimum atomic E-state index is -2.36. The molecular formula is C5H9F2N. The third-order valence-corrected chi connectivity index (χ3v) is 1.47. The van der Waals surface area contributed by atoms with Crippen LogP contribution < -0.4 is 5.73 Å². The maximum Gasteiger partial charge on any atom is 0.251 e.